The van der Waals surface area contributed by atoms with E-state index in [0.717, 1.165) is 46.5 Å². The van der Waals surface area contributed by atoms with Gasteiger partial charge in [-0.15, -0.1) is 0 Å². The summed E-state index contributed by atoms with van der Waals surface area (Å²) in [5.74, 6) is -0.0160. The molecule has 5 nitrogen and oxygen atoms in total. The van der Waals surface area contributed by atoms with Crippen LogP contribution >= 0.6 is 0 Å². The monoisotopic (exact) mass is 336 g/mol. The maximum Gasteiger partial charge on any atom is 0.217 e. The molecule has 1 amide bonds. The number of carbonyl (C=O) groups excluding carboxylic acids is 1. The molecule has 0 aliphatic heterocycles. The quantitative estimate of drug-likeness (QED) is 0.721. The van der Waals surface area contributed by atoms with Crippen molar-refractivity contribution < 1.29 is 4.79 Å². The predicted molar refractivity (Wildman–Crippen MR) is 103 cm³/mol. The number of rotatable bonds is 6. The van der Waals surface area contributed by atoms with Crippen LogP contribution < -0.4 is 10.2 Å². The van der Waals surface area contributed by atoms with E-state index in [9.17, 15) is 4.79 Å². The van der Waals surface area contributed by atoms with Crippen LogP contribution in [0, 0.1) is 0 Å². The minimum absolute atomic E-state index is 0.0160. The van der Waals surface area contributed by atoms with Gasteiger partial charge in [-0.05, 0) is 48.7 Å². The van der Waals surface area contributed by atoms with Gasteiger partial charge in [-0.3, -0.25) is 4.79 Å². The van der Waals surface area contributed by atoms with Crippen LogP contribution in [0.2, 0.25) is 0 Å². The van der Waals surface area contributed by atoms with E-state index in [1.807, 2.05) is 18.5 Å². The Hall–Kier alpha value is -2.82. The minimum Gasteiger partial charge on any atom is -0.372 e. The van der Waals surface area contributed by atoms with Crippen LogP contribution in [0.3, 0.4) is 0 Å². The molecule has 3 aromatic rings. The zero-order valence-corrected chi connectivity index (χ0v) is 15.0. The van der Waals surface area contributed by atoms with E-state index in [0.29, 0.717) is 6.54 Å². The highest BCUT2D eigenvalue weighted by Crippen LogP contribution is 2.32. The summed E-state index contributed by atoms with van der Waals surface area (Å²) in [4.78, 5) is 21.2. The van der Waals surface area contributed by atoms with E-state index in [2.05, 4.69) is 58.3 Å². The average molecular weight is 336 g/mol. The standard InChI is InChI=1S/C20H24N4O/c1-4-24(5-2)19-12-15(6-7-16(19)13-23-14(3)25)17-8-10-21-20-18(17)9-11-22-20/h6-12H,4-5,13H2,1-3H3,(H,21,22)(H,23,25). The van der Waals surface area contributed by atoms with Crippen molar-refractivity contribution in [3.05, 3.63) is 48.3 Å². The lowest BCUT2D eigenvalue weighted by Gasteiger charge is -2.25. The molecule has 0 atom stereocenters. The van der Waals surface area contributed by atoms with Crippen molar-refractivity contribution in [3.63, 3.8) is 0 Å². The Morgan fingerprint density at radius 3 is 2.72 bits per heavy atom. The zero-order valence-electron chi connectivity index (χ0n) is 15.0. The highest BCUT2D eigenvalue weighted by molar-refractivity contribution is 5.93. The summed E-state index contributed by atoms with van der Waals surface area (Å²) in [6, 6.07) is 10.5. The fourth-order valence-corrected chi connectivity index (χ4v) is 3.17. The number of benzene rings is 1. The van der Waals surface area contributed by atoms with Gasteiger partial charge in [-0.25, -0.2) is 4.98 Å². The number of H-pyrrole nitrogens is 1. The molecular weight excluding hydrogens is 312 g/mol. The van der Waals surface area contributed by atoms with Crippen molar-refractivity contribution in [1.82, 2.24) is 15.3 Å². The molecule has 3 rings (SSSR count). The zero-order chi connectivity index (χ0) is 17.8. The minimum atomic E-state index is -0.0160. The van der Waals surface area contributed by atoms with Crippen molar-refractivity contribution in [2.24, 2.45) is 0 Å². The molecule has 0 fully saturated rings. The molecule has 25 heavy (non-hydrogen) atoms. The molecule has 2 N–H and O–H groups in total. The molecule has 2 aromatic heterocycles. The van der Waals surface area contributed by atoms with E-state index in [1.54, 1.807) is 6.92 Å². The maximum atomic E-state index is 11.3. The summed E-state index contributed by atoms with van der Waals surface area (Å²) in [5.41, 5.74) is 5.49. The van der Waals surface area contributed by atoms with Gasteiger partial charge in [0.05, 0.1) is 0 Å². The molecule has 0 radical (unpaired) electrons. The summed E-state index contributed by atoms with van der Waals surface area (Å²) >= 11 is 0. The molecule has 130 valence electrons. The van der Waals surface area contributed by atoms with Crippen LogP contribution in [0.1, 0.15) is 26.3 Å². The Labute approximate surface area is 148 Å². The Morgan fingerprint density at radius 2 is 2.00 bits per heavy atom. The van der Waals surface area contributed by atoms with Crippen molar-refractivity contribution in [2.45, 2.75) is 27.3 Å². The number of hydrogen-bond donors (Lipinski definition) is 2. The number of anilines is 1. The van der Waals surface area contributed by atoms with Gasteiger partial charge in [0.25, 0.3) is 0 Å². The molecule has 0 aliphatic carbocycles. The third-order valence-electron chi connectivity index (χ3n) is 4.49. The average Bonchev–Trinajstić information content (AvgIpc) is 3.10. The molecular formula is C20H24N4O. The fraction of sp³-hybridized carbons (Fsp3) is 0.300. The molecule has 0 bridgehead atoms. The smallest absolute Gasteiger partial charge is 0.217 e. The van der Waals surface area contributed by atoms with E-state index in [-0.39, 0.29) is 5.91 Å². The highest BCUT2D eigenvalue weighted by atomic mass is 16.1. The molecule has 0 saturated carbocycles. The van der Waals surface area contributed by atoms with Crippen LogP contribution in [0.15, 0.2) is 42.7 Å². The first-order valence-corrected chi connectivity index (χ1v) is 8.68. The molecule has 0 aliphatic rings. The number of aromatic nitrogens is 2. The number of nitrogens with zero attached hydrogens (tertiary/aromatic N) is 2. The van der Waals surface area contributed by atoms with Gasteiger partial charge in [0.2, 0.25) is 5.91 Å². The Bertz CT molecular complexity index is 880. The lowest BCUT2D eigenvalue weighted by Crippen LogP contribution is -2.26. The second-order valence-electron chi connectivity index (χ2n) is 6.02. The van der Waals surface area contributed by atoms with Gasteiger partial charge in [0, 0.05) is 50.0 Å². The topological polar surface area (TPSA) is 61.0 Å². The normalized spacial score (nSPS) is 10.8. The molecule has 0 unspecified atom stereocenters. The third-order valence-corrected chi connectivity index (χ3v) is 4.49. The number of nitrogens with one attached hydrogen (secondary N) is 2. The Balaban J connectivity index is 2.08. The van der Waals surface area contributed by atoms with Crippen molar-refractivity contribution >= 4 is 22.6 Å². The number of pyridine rings is 1. The van der Waals surface area contributed by atoms with Gasteiger partial charge in [0.15, 0.2) is 0 Å². The molecule has 1 aromatic carbocycles. The first-order chi connectivity index (χ1) is 12.1. The summed E-state index contributed by atoms with van der Waals surface area (Å²) in [5, 5.41) is 4.02. The molecule has 5 heteroatoms. The van der Waals surface area contributed by atoms with Crippen molar-refractivity contribution in [1.29, 1.82) is 0 Å². The summed E-state index contributed by atoms with van der Waals surface area (Å²) in [6.45, 7) is 8.22. The number of carbonyl (C=O) groups is 1. The fourth-order valence-electron chi connectivity index (χ4n) is 3.17. The molecule has 2 heterocycles. The number of hydrogen-bond acceptors (Lipinski definition) is 3. The van der Waals surface area contributed by atoms with E-state index in [4.69, 9.17) is 0 Å². The maximum absolute atomic E-state index is 11.3. The van der Waals surface area contributed by atoms with Gasteiger partial charge in [-0.2, -0.15) is 0 Å². The van der Waals surface area contributed by atoms with Crippen molar-refractivity contribution in [3.8, 4) is 11.1 Å². The molecule has 0 saturated heterocycles. The van der Waals surface area contributed by atoms with Gasteiger partial charge < -0.3 is 15.2 Å². The summed E-state index contributed by atoms with van der Waals surface area (Å²) in [7, 11) is 0. The van der Waals surface area contributed by atoms with Crippen LogP contribution in [0.4, 0.5) is 5.69 Å². The van der Waals surface area contributed by atoms with Gasteiger partial charge in [-0.1, -0.05) is 12.1 Å². The molecule has 0 spiro atoms. The lowest BCUT2D eigenvalue weighted by atomic mass is 10.00. The first kappa shape index (κ1) is 17.0. The largest absolute Gasteiger partial charge is 0.372 e. The second kappa shape index (κ2) is 7.38. The van der Waals surface area contributed by atoms with E-state index >= 15 is 0 Å². The van der Waals surface area contributed by atoms with Crippen LogP contribution in [0.25, 0.3) is 22.2 Å². The summed E-state index contributed by atoms with van der Waals surface area (Å²) < 4.78 is 0. The van der Waals surface area contributed by atoms with Gasteiger partial charge >= 0.3 is 0 Å². The van der Waals surface area contributed by atoms with Crippen LogP contribution in [-0.4, -0.2) is 29.0 Å². The van der Waals surface area contributed by atoms with Crippen LogP contribution in [0.5, 0.6) is 0 Å². The highest BCUT2D eigenvalue weighted by Gasteiger charge is 2.13. The van der Waals surface area contributed by atoms with Gasteiger partial charge in [0.1, 0.15) is 5.65 Å². The predicted octanol–water partition coefficient (Wildman–Crippen LogP) is 3.71. The summed E-state index contributed by atoms with van der Waals surface area (Å²) in [6.07, 6.45) is 3.74. The van der Waals surface area contributed by atoms with E-state index in [1.165, 1.54) is 0 Å². The van der Waals surface area contributed by atoms with E-state index < -0.39 is 0 Å². The second-order valence-corrected chi connectivity index (χ2v) is 6.02. The lowest BCUT2D eigenvalue weighted by molar-refractivity contribution is -0.119. The third kappa shape index (κ3) is 3.50. The Kier molecular flexibility index (Phi) is 5.03. The van der Waals surface area contributed by atoms with Crippen LogP contribution in [-0.2, 0) is 11.3 Å². The van der Waals surface area contributed by atoms with Crippen molar-refractivity contribution in [2.75, 3.05) is 18.0 Å². The first-order valence-electron chi connectivity index (χ1n) is 8.68. The Morgan fingerprint density at radius 1 is 1.20 bits per heavy atom. The SMILES string of the molecule is CCN(CC)c1cc(-c2ccnc3[nH]ccc23)ccc1CNC(C)=O. The number of aromatic amines is 1. The number of fused-ring (bicyclic) bond motifs is 1. The number of amides is 1.